The molecule has 1 N–H and O–H groups in total. The number of hydrogen-bond donors (Lipinski definition) is 1. The number of rotatable bonds is 8. The van der Waals surface area contributed by atoms with E-state index in [1.54, 1.807) is 38.1 Å². The van der Waals surface area contributed by atoms with E-state index in [0.29, 0.717) is 5.69 Å². The highest BCUT2D eigenvalue weighted by molar-refractivity contribution is 7.53. The minimum absolute atomic E-state index is 0.110. The molecule has 0 spiro atoms. The molecule has 0 radical (unpaired) electrons. The third-order valence-corrected chi connectivity index (χ3v) is 5.96. The lowest BCUT2D eigenvalue weighted by Gasteiger charge is -2.17. The Morgan fingerprint density at radius 1 is 1.03 bits per heavy atom. The van der Waals surface area contributed by atoms with Crippen molar-refractivity contribution in [3.63, 3.8) is 0 Å². The SMILES string of the molecule is CCOP(=O)(Cc1ccc(NC(=O)c2ccc3c(c2)OC(F)(F)O3)cc1)OCC. The largest absolute Gasteiger partial charge is 0.586 e. The number of nitrogens with one attached hydrogen (secondary N) is 1. The Kier molecular flexibility index (Phi) is 6.21. The lowest BCUT2D eigenvalue weighted by atomic mass is 10.1. The number of hydrogen-bond acceptors (Lipinski definition) is 6. The molecule has 7 nitrogen and oxygen atoms in total. The predicted octanol–water partition coefficient (Wildman–Crippen LogP) is 5.03. The Labute approximate surface area is 166 Å². The van der Waals surface area contributed by atoms with E-state index in [1.165, 1.54) is 18.2 Å². The zero-order chi connectivity index (χ0) is 21.1. The Hall–Kier alpha value is -2.48. The molecular formula is C19H20F2NO6P. The Morgan fingerprint density at radius 3 is 2.28 bits per heavy atom. The molecule has 3 rings (SSSR count). The molecule has 1 aliphatic rings. The Morgan fingerprint density at radius 2 is 1.66 bits per heavy atom. The first kappa shape index (κ1) is 21.2. The second kappa shape index (κ2) is 8.49. The summed E-state index contributed by atoms with van der Waals surface area (Å²) >= 11 is 0. The second-order valence-electron chi connectivity index (χ2n) is 6.08. The Bertz CT molecular complexity index is 925. The first-order valence-corrected chi connectivity index (χ1v) is 10.6. The van der Waals surface area contributed by atoms with Crippen molar-refractivity contribution in [1.29, 1.82) is 0 Å². The van der Waals surface area contributed by atoms with Gasteiger partial charge in [-0.15, -0.1) is 8.78 Å². The van der Waals surface area contributed by atoms with Crippen molar-refractivity contribution in [3.05, 3.63) is 53.6 Å². The van der Waals surface area contributed by atoms with Gasteiger partial charge in [0.25, 0.3) is 5.91 Å². The first-order valence-electron chi connectivity index (χ1n) is 8.92. The van der Waals surface area contributed by atoms with Crippen molar-refractivity contribution in [2.45, 2.75) is 26.3 Å². The predicted molar refractivity (Wildman–Crippen MR) is 102 cm³/mol. The molecule has 0 atom stereocenters. The topological polar surface area (TPSA) is 83.1 Å². The van der Waals surface area contributed by atoms with Gasteiger partial charge in [0, 0.05) is 11.3 Å². The molecule has 10 heteroatoms. The zero-order valence-electron chi connectivity index (χ0n) is 15.8. The third kappa shape index (κ3) is 5.32. The molecule has 0 aliphatic carbocycles. The number of alkyl halides is 2. The number of carbonyl (C=O) groups is 1. The fraction of sp³-hybridized carbons (Fsp3) is 0.316. The number of fused-ring (bicyclic) bond motifs is 1. The maximum Gasteiger partial charge on any atom is 0.586 e. The van der Waals surface area contributed by atoms with Gasteiger partial charge >= 0.3 is 13.9 Å². The number of anilines is 1. The summed E-state index contributed by atoms with van der Waals surface area (Å²) in [5.74, 6) is -0.849. The molecule has 2 aromatic rings. The van der Waals surface area contributed by atoms with Gasteiger partial charge in [-0.3, -0.25) is 9.36 Å². The summed E-state index contributed by atoms with van der Waals surface area (Å²) in [6.45, 7) is 4.02. The van der Waals surface area contributed by atoms with Gasteiger partial charge in [-0.25, -0.2) is 0 Å². The normalized spacial score (nSPS) is 14.6. The summed E-state index contributed by atoms with van der Waals surface area (Å²) in [7, 11) is -3.22. The van der Waals surface area contributed by atoms with Crippen LogP contribution in [0.15, 0.2) is 42.5 Å². The van der Waals surface area contributed by atoms with Crippen molar-refractivity contribution in [1.82, 2.24) is 0 Å². The highest BCUT2D eigenvalue weighted by Crippen LogP contribution is 2.51. The van der Waals surface area contributed by atoms with Gasteiger partial charge < -0.3 is 23.8 Å². The van der Waals surface area contributed by atoms with Gasteiger partial charge in [0.2, 0.25) is 0 Å². The maximum absolute atomic E-state index is 13.1. The van der Waals surface area contributed by atoms with Gasteiger partial charge in [-0.05, 0) is 49.7 Å². The quantitative estimate of drug-likeness (QED) is 0.596. The molecule has 2 aromatic carbocycles. The van der Waals surface area contributed by atoms with Crippen LogP contribution in [0.3, 0.4) is 0 Å². The molecule has 1 heterocycles. The van der Waals surface area contributed by atoms with Gasteiger partial charge in [0.15, 0.2) is 11.5 Å². The van der Waals surface area contributed by atoms with Crippen molar-refractivity contribution >= 4 is 19.2 Å². The van der Waals surface area contributed by atoms with Crippen LogP contribution in [-0.4, -0.2) is 25.4 Å². The summed E-state index contributed by atoms with van der Waals surface area (Å²) in [6, 6.07) is 10.4. The highest BCUT2D eigenvalue weighted by atomic mass is 31.2. The maximum atomic E-state index is 13.1. The van der Waals surface area contributed by atoms with Gasteiger partial charge in [0.05, 0.1) is 19.4 Å². The van der Waals surface area contributed by atoms with Crippen LogP contribution in [0, 0.1) is 0 Å². The monoisotopic (exact) mass is 427 g/mol. The fourth-order valence-corrected chi connectivity index (χ4v) is 4.43. The number of halogens is 2. The van der Waals surface area contributed by atoms with E-state index in [4.69, 9.17) is 9.05 Å². The molecule has 0 saturated carbocycles. The minimum atomic E-state index is -3.74. The summed E-state index contributed by atoms with van der Waals surface area (Å²) in [5.41, 5.74) is 1.33. The number of ether oxygens (including phenoxy) is 2. The second-order valence-corrected chi connectivity index (χ2v) is 8.14. The molecule has 0 saturated heterocycles. The van der Waals surface area contributed by atoms with Gasteiger partial charge in [-0.1, -0.05) is 12.1 Å². The number of amides is 1. The van der Waals surface area contributed by atoms with Crippen molar-refractivity contribution in [2.24, 2.45) is 0 Å². The van der Waals surface area contributed by atoms with Gasteiger partial charge in [0.1, 0.15) is 0 Å². The standard InChI is InChI=1S/C19H20F2NO6P/c1-3-25-29(24,26-4-2)12-13-5-8-15(9-6-13)22-18(23)14-7-10-16-17(11-14)28-19(20,21)27-16/h5-11H,3-4,12H2,1-2H3,(H,22,23). The number of carbonyl (C=O) groups excluding carboxylic acids is 1. The molecule has 0 aromatic heterocycles. The molecule has 156 valence electrons. The van der Waals surface area contributed by atoms with E-state index >= 15 is 0 Å². The van der Waals surface area contributed by atoms with Crippen molar-refractivity contribution in [2.75, 3.05) is 18.5 Å². The van der Waals surface area contributed by atoms with Crippen LogP contribution in [0.2, 0.25) is 0 Å². The average Bonchev–Trinajstić information content (AvgIpc) is 2.96. The van der Waals surface area contributed by atoms with Crippen LogP contribution >= 0.6 is 7.60 Å². The number of benzene rings is 2. The first-order chi connectivity index (χ1) is 13.7. The van der Waals surface area contributed by atoms with E-state index in [0.717, 1.165) is 5.56 Å². The van der Waals surface area contributed by atoms with Crippen LogP contribution in [-0.2, 0) is 19.8 Å². The smallest absolute Gasteiger partial charge is 0.395 e. The van der Waals surface area contributed by atoms with E-state index in [-0.39, 0.29) is 36.4 Å². The third-order valence-electron chi connectivity index (χ3n) is 3.90. The molecule has 0 bridgehead atoms. The molecule has 0 unspecified atom stereocenters. The summed E-state index contributed by atoms with van der Waals surface area (Å²) < 4.78 is 57.9. The Balaban J connectivity index is 1.66. The molecule has 0 fully saturated rings. The molecule has 1 aliphatic heterocycles. The van der Waals surface area contributed by atoms with E-state index in [9.17, 15) is 18.1 Å². The fourth-order valence-electron chi connectivity index (χ4n) is 2.73. The summed E-state index contributed by atoms with van der Waals surface area (Å²) in [6.07, 6.45) is -3.63. The lowest BCUT2D eigenvalue weighted by molar-refractivity contribution is -0.286. The lowest BCUT2D eigenvalue weighted by Crippen LogP contribution is -2.25. The highest BCUT2D eigenvalue weighted by Gasteiger charge is 2.43. The van der Waals surface area contributed by atoms with Crippen molar-refractivity contribution in [3.8, 4) is 11.5 Å². The molecular weight excluding hydrogens is 407 g/mol. The van der Waals surface area contributed by atoms with E-state index in [1.807, 2.05) is 0 Å². The summed E-state index contributed by atoms with van der Waals surface area (Å²) in [5, 5.41) is 2.66. The zero-order valence-corrected chi connectivity index (χ0v) is 16.7. The van der Waals surface area contributed by atoms with E-state index in [2.05, 4.69) is 14.8 Å². The van der Waals surface area contributed by atoms with Crippen LogP contribution < -0.4 is 14.8 Å². The van der Waals surface area contributed by atoms with Crippen LogP contribution in [0.1, 0.15) is 29.8 Å². The van der Waals surface area contributed by atoms with E-state index < -0.39 is 19.8 Å². The van der Waals surface area contributed by atoms with Crippen molar-refractivity contribution < 1.29 is 36.7 Å². The van der Waals surface area contributed by atoms with Crippen LogP contribution in [0.4, 0.5) is 14.5 Å². The van der Waals surface area contributed by atoms with Crippen LogP contribution in [0.5, 0.6) is 11.5 Å². The average molecular weight is 427 g/mol. The van der Waals surface area contributed by atoms with Crippen LogP contribution in [0.25, 0.3) is 0 Å². The van der Waals surface area contributed by atoms with Gasteiger partial charge in [-0.2, -0.15) is 0 Å². The molecule has 1 amide bonds. The summed E-state index contributed by atoms with van der Waals surface area (Å²) in [4.78, 5) is 12.4. The molecule has 29 heavy (non-hydrogen) atoms. The minimum Gasteiger partial charge on any atom is -0.395 e.